The maximum absolute atomic E-state index is 13.0. The van der Waals surface area contributed by atoms with Gasteiger partial charge in [0.2, 0.25) is 5.91 Å². The zero-order valence-corrected chi connectivity index (χ0v) is 10.4. The molecule has 1 aliphatic heterocycles. The number of aromatic nitrogens is 1. The molecule has 1 aromatic carbocycles. The number of anilines is 1. The molecule has 1 fully saturated rings. The van der Waals surface area contributed by atoms with E-state index in [1.807, 2.05) is 0 Å². The van der Waals surface area contributed by atoms with Gasteiger partial charge in [0.15, 0.2) is 5.13 Å². The summed E-state index contributed by atoms with van der Waals surface area (Å²) in [7, 11) is 0. The Morgan fingerprint density at radius 2 is 2.44 bits per heavy atom. The summed E-state index contributed by atoms with van der Waals surface area (Å²) in [5.74, 6) is -0.145. The summed E-state index contributed by atoms with van der Waals surface area (Å²) in [4.78, 5) is 15.4. The summed E-state index contributed by atoms with van der Waals surface area (Å²) in [5, 5.41) is 6.83. The van der Waals surface area contributed by atoms with E-state index in [0.717, 1.165) is 21.8 Å². The average Bonchev–Trinajstić information content (AvgIpc) is 2.92. The van der Waals surface area contributed by atoms with Crippen LogP contribution < -0.4 is 10.6 Å². The summed E-state index contributed by atoms with van der Waals surface area (Å²) in [6.45, 7) is 0.661. The Kier molecular flexibility index (Phi) is 2.87. The van der Waals surface area contributed by atoms with E-state index in [4.69, 9.17) is 0 Å². The molecule has 0 radical (unpaired) electrons. The molecule has 4 nitrogen and oxygen atoms in total. The molecule has 18 heavy (non-hydrogen) atoms. The molecule has 94 valence electrons. The highest BCUT2D eigenvalue weighted by Gasteiger charge is 2.20. The minimum atomic E-state index is -0.249. The van der Waals surface area contributed by atoms with E-state index in [1.165, 1.54) is 23.5 Å². The van der Waals surface area contributed by atoms with Gasteiger partial charge in [-0.15, -0.1) is 0 Å². The molecule has 1 amide bonds. The molecule has 1 aromatic heterocycles. The quantitative estimate of drug-likeness (QED) is 0.894. The molecule has 2 heterocycles. The number of hydrogen-bond acceptors (Lipinski definition) is 4. The number of rotatable bonds is 3. The smallest absolute Gasteiger partial charge is 0.220 e. The van der Waals surface area contributed by atoms with Crippen molar-refractivity contribution in [3.05, 3.63) is 24.0 Å². The third-order valence-corrected chi connectivity index (χ3v) is 3.91. The maximum Gasteiger partial charge on any atom is 0.220 e. The van der Waals surface area contributed by atoms with Crippen LogP contribution in [0.2, 0.25) is 0 Å². The van der Waals surface area contributed by atoms with Crippen LogP contribution in [0.1, 0.15) is 12.8 Å². The predicted molar refractivity (Wildman–Crippen MR) is 69.2 cm³/mol. The number of thiazole rings is 1. The fraction of sp³-hybridized carbons (Fsp3) is 0.333. The summed E-state index contributed by atoms with van der Waals surface area (Å²) >= 11 is 1.42. The Bertz CT molecular complexity index is 598. The van der Waals surface area contributed by atoms with Crippen LogP contribution in [0.15, 0.2) is 18.2 Å². The van der Waals surface area contributed by atoms with Gasteiger partial charge < -0.3 is 10.6 Å². The van der Waals surface area contributed by atoms with Gasteiger partial charge in [-0.2, -0.15) is 0 Å². The van der Waals surface area contributed by atoms with Crippen molar-refractivity contribution in [2.24, 2.45) is 0 Å². The lowest BCUT2D eigenvalue weighted by Crippen LogP contribution is -2.31. The maximum atomic E-state index is 13.0. The number of hydrogen-bond donors (Lipinski definition) is 2. The van der Waals surface area contributed by atoms with Crippen LogP contribution in [-0.2, 0) is 4.79 Å². The van der Waals surface area contributed by atoms with Gasteiger partial charge in [0, 0.05) is 19.0 Å². The molecule has 2 aromatic rings. The molecule has 0 spiro atoms. The molecule has 2 N–H and O–H groups in total. The minimum Gasteiger partial charge on any atom is -0.359 e. The Morgan fingerprint density at radius 3 is 3.22 bits per heavy atom. The van der Waals surface area contributed by atoms with Crippen LogP contribution in [0.4, 0.5) is 9.52 Å². The average molecular weight is 265 g/mol. The highest BCUT2D eigenvalue weighted by Crippen LogP contribution is 2.26. The first-order valence-corrected chi connectivity index (χ1v) is 6.62. The summed E-state index contributed by atoms with van der Waals surface area (Å²) in [6.07, 6.45) is 1.45. The Hall–Kier alpha value is -1.69. The van der Waals surface area contributed by atoms with Crippen molar-refractivity contribution < 1.29 is 9.18 Å². The Morgan fingerprint density at radius 1 is 1.56 bits per heavy atom. The lowest BCUT2D eigenvalue weighted by atomic mass is 10.2. The molecule has 1 aliphatic rings. The number of fused-ring (bicyclic) bond motifs is 1. The Balaban J connectivity index is 1.69. The number of amides is 1. The Labute approximate surface area is 107 Å². The second kappa shape index (κ2) is 4.53. The van der Waals surface area contributed by atoms with Gasteiger partial charge in [0.25, 0.3) is 0 Å². The van der Waals surface area contributed by atoms with Gasteiger partial charge in [-0.3, -0.25) is 4.79 Å². The lowest BCUT2D eigenvalue weighted by Gasteiger charge is -2.09. The van der Waals surface area contributed by atoms with Crippen LogP contribution in [0.25, 0.3) is 10.2 Å². The van der Waals surface area contributed by atoms with Crippen LogP contribution in [0.3, 0.4) is 0 Å². The third kappa shape index (κ3) is 2.28. The van der Waals surface area contributed by atoms with E-state index in [1.54, 1.807) is 6.07 Å². The van der Waals surface area contributed by atoms with Crippen molar-refractivity contribution in [3.63, 3.8) is 0 Å². The largest absolute Gasteiger partial charge is 0.359 e. The summed E-state index contributed by atoms with van der Waals surface area (Å²) in [5.41, 5.74) is 0.791. The molecule has 0 saturated carbocycles. The van der Waals surface area contributed by atoms with Crippen molar-refractivity contribution in [2.75, 3.05) is 11.9 Å². The molecule has 0 bridgehead atoms. The fourth-order valence-corrected chi connectivity index (χ4v) is 2.91. The zero-order valence-electron chi connectivity index (χ0n) is 9.57. The molecule has 1 saturated heterocycles. The van der Waals surface area contributed by atoms with Crippen molar-refractivity contribution in [1.82, 2.24) is 10.3 Å². The number of benzene rings is 1. The van der Waals surface area contributed by atoms with Gasteiger partial charge in [-0.05, 0) is 24.6 Å². The number of halogens is 1. The zero-order chi connectivity index (χ0) is 12.5. The number of nitrogens with one attached hydrogen (secondary N) is 2. The SMILES string of the molecule is O=C1CCC(CNc2nc3ccc(F)cc3s2)N1. The van der Waals surface area contributed by atoms with E-state index in [0.29, 0.717) is 13.0 Å². The first-order chi connectivity index (χ1) is 8.70. The van der Waals surface area contributed by atoms with Crippen LogP contribution in [-0.4, -0.2) is 23.5 Å². The predicted octanol–water partition coefficient (Wildman–Crippen LogP) is 2.13. The second-order valence-electron chi connectivity index (χ2n) is 4.32. The van der Waals surface area contributed by atoms with Gasteiger partial charge in [-0.25, -0.2) is 9.37 Å². The van der Waals surface area contributed by atoms with Gasteiger partial charge >= 0.3 is 0 Å². The molecule has 1 atom stereocenters. The highest BCUT2D eigenvalue weighted by atomic mass is 32.1. The molecule has 1 unspecified atom stereocenters. The second-order valence-corrected chi connectivity index (χ2v) is 5.35. The van der Waals surface area contributed by atoms with Crippen molar-refractivity contribution in [2.45, 2.75) is 18.9 Å². The molecule has 6 heteroatoms. The lowest BCUT2D eigenvalue weighted by molar-refractivity contribution is -0.119. The number of carbonyl (C=O) groups excluding carboxylic acids is 1. The first kappa shape index (κ1) is 11.4. The van der Waals surface area contributed by atoms with E-state index in [-0.39, 0.29) is 17.8 Å². The molecular weight excluding hydrogens is 253 g/mol. The first-order valence-electron chi connectivity index (χ1n) is 5.80. The number of nitrogens with zero attached hydrogens (tertiary/aromatic N) is 1. The topological polar surface area (TPSA) is 54.0 Å². The highest BCUT2D eigenvalue weighted by molar-refractivity contribution is 7.22. The minimum absolute atomic E-state index is 0.105. The molecule has 0 aliphatic carbocycles. The van der Waals surface area contributed by atoms with Gasteiger partial charge in [0.05, 0.1) is 10.2 Å². The van der Waals surface area contributed by atoms with E-state index in [9.17, 15) is 9.18 Å². The van der Waals surface area contributed by atoms with Crippen LogP contribution >= 0.6 is 11.3 Å². The van der Waals surface area contributed by atoms with Crippen molar-refractivity contribution in [1.29, 1.82) is 0 Å². The third-order valence-electron chi connectivity index (χ3n) is 2.94. The van der Waals surface area contributed by atoms with E-state index >= 15 is 0 Å². The van der Waals surface area contributed by atoms with Crippen molar-refractivity contribution >= 4 is 32.6 Å². The van der Waals surface area contributed by atoms with Crippen LogP contribution in [0.5, 0.6) is 0 Å². The van der Waals surface area contributed by atoms with E-state index < -0.39 is 0 Å². The summed E-state index contributed by atoms with van der Waals surface area (Å²) in [6, 6.07) is 4.73. The monoisotopic (exact) mass is 265 g/mol. The molecular formula is C12H12FN3OS. The normalized spacial score (nSPS) is 19.2. The number of carbonyl (C=O) groups is 1. The fourth-order valence-electron chi connectivity index (χ4n) is 2.02. The van der Waals surface area contributed by atoms with Crippen molar-refractivity contribution in [3.8, 4) is 0 Å². The van der Waals surface area contributed by atoms with E-state index in [2.05, 4.69) is 15.6 Å². The summed E-state index contributed by atoms with van der Waals surface area (Å²) < 4.78 is 13.9. The van der Waals surface area contributed by atoms with Gasteiger partial charge in [0.1, 0.15) is 5.82 Å². The molecule has 3 rings (SSSR count). The standard InChI is InChI=1S/C12H12FN3OS/c13-7-1-3-9-10(5-7)18-12(16-9)14-6-8-2-4-11(17)15-8/h1,3,5,8H,2,4,6H2,(H,14,16)(H,15,17). The van der Waals surface area contributed by atoms with Gasteiger partial charge in [-0.1, -0.05) is 11.3 Å². The van der Waals surface area contributed by atoms with Crippen LogP contribution in [0, 0.1) is 5.82 Å².